The van der Waals surface area contributed by atoms with Crippen molar-refractivity contribution >= 4 is 0 Å². The van der Waals surface area contributed by atoms with Gasteiger partial charge in [-0.3, -0.25) is 5.32 Å². The Bertz CT molecular complexity index is 392. The van der Waals surface area contributed by atoms with E-state index < -0.39 is 17.6 Å². The van der Waals surface area contributed by atoms with Crippen LogP contribution >= 0.6 is 0 Å². The Morgan fingerprint density at radius 2 is 1.81 bits per heavy atom. The number of halogens is 3. The molecule has 2 rings (SSSR count). The van der Waals surface area contributed by atoms with Crippen LogP contribution in [0.3, 0.4) is 0 Å². The van der Waals surface area contributed by atoms with Gasteiger partial charge in [0.2, 0.25) is 0 Å². The number of hydrogen-bond acceptors (Lipinski definition) is 3. The highest BCUT2D eigenvalue weighted by molar-refractivity contribution is 5.08. The number of nitriles is 1. The van der Waals surface area contributed by atoms with Crippen molar-refractivity contribution in [1.29, 1.82) is 5.26 Å². The molecule has 1 aliphatic carbocycles. The van der Waals surface area contributed by atoms with Gasteiger partial charge in [0.25, 0.3) is 0 Å². The summed E-state index contributed by atoms with van der Waals surface area (Å²) in [5.74, 6) is -1.16. The fraction of sp³-hybridized carbons (Fsp3) is 0.933. The molecule has 2 atom stereocenters. The van der Waals surface area contributed by atoms with E-state index in [9.17, 15) is 18.4 Å². The average molecular weight is 303 g/mol. The molecule has 0 aromatic rings. The highest BCUT2D eigenvalue weighted by Crippen LogP contribution is 2.35. The van der Waals surface area contributed by atoms with Crippen molar-refractivity contribution in [2.24, 2.45) is 5.92 Å². The Balaban J connectivity index is 1.84. The van der Waals surface area contributed by atoms with Gasteiger partial charge < -0.3 is 4.90 Å². The predicted molar refractivity (Wildman–Crippen MR) is 74.6 cm³/mol. The minimum atomic E-state index is -4.07. The van der Waals surface area contributed by atoms with E-state index in [0.29, 0.717) is 25.6 Å². The van der Waals surface area contributed by atoms with Gasteiger partial charge >= 0.3 is 6.18 Å². The highest BCUT2D eigenvalue weighted by Gasteiger charge is 2.42. The lowest BCUT2D eigenvalue weighted by molar-refractivity contribution is -0.186. The molecule has 21 heavy (non-hydrogen) atoms. The van der Waals surface area contributed by atoms with Crippen LogP contribution in [0.2, 0.25) is 0 Å². The summed E-state index contributed by atoms with van der Waals surface area (Å²) in [7, 11) is 0. The third-order valence-electron chi connectivity index (χ3n) is 4.67. The summed E-state index contributed by atoms with van der Waals surface area (Å²) in [4.78, 5) is 2.09. The fourth-order valence-corrected chi connectivity index (χ4v) is 3.20. The molecule has 1 N–H and O–H groups in total. The summed E-state index contributed by atoms with van der Waals surface area (Å²) in [6.07, 6.45) is -0.841. The quantitative estimate of drug-likeness (QED) is 0.848. The van der Waals surface area contributed by atoms with Crippen LogP contribution in [0.25, 0.3) is 0 Å². The Hall–Kier alpha value is -0.800. The van der Waals surface area contributed by atoms with E-state index >= 15 is 0 Å². The summed E-state index contributed by atoms with van der Waals surface area (Å²) >= 11 is 0. The number of alkyl halides is 3. The van der Waals surface area contributed by atoms with E-state index in [0.717, 1.165) is 12.8 Å². The molecule has 2 unspecified atom stereocenters. The first-order chi connectivity index (χ1) is 9.73. The topological polar surface area (TPSA) is 39.1 Å². The van der Waals surface area contributed by atoms with Crippen molar-refractivity contribution in [3.05, 3.63) is 0 Å². The van der Waals surface area contributed by atoms with Gasteiger partial charge in [-0.05, 0) is 59.0 Å². The molecule has 1 heterocycles. The molecule has 2 aliphatic rings. The minimum absolute atomic E-state index is 0.120. The molecule has 0 aromatic carbocycles. The van der Waals surface area contributed by atoms with Gasteiger partial charge in [0.1, 0.15) is 5.54 Å². The minimum Gasteiger partial charge on any atom is -0.301 e. The first-order valence-corrected chi connectivity index (χ1v) is 7.73. The Labute approximate surface area is 124 Å². The van der Waals surface area contributed by atoms with Crippen LogP contribution in [0.15, 0.2) is 0 Å². The van der Waals surface area contributed by atoms with Crippen molar-refractivity contribution in [3.8, 4) is 6.07 Å². The molecule has 6 heteroatoms. The molecule has 1 saturated heterocycles. The second-order valence-electron chi connectivity index (χ2n) is 6.77. The molecule has 0 bridgehead atoms. The first kappa shape index (κ1) is 16.6. The van der Waals surface area contributed by atoms with Crippen LogP contribution in [-0.4, -0.2) is 41.8 Å². The Morgan fingerprint density at radius 1 is 1.24 bits per heavy atom. The van der Waals surface area contributed by atoms with E-state index in [1.54, 1.807) is 0 Å². The number of hydrogen-bond donors (Lipinski definition) is 1. The molecule has 1 saturated carbocycles. The van der Waals surface area contributed by atoms with Crippen LogP contribution in [0.5, 0.6) is 0 Å². The molecule has 120 valence electrons. The second kappa shape index (κ2) is 6.13. The van der Waals surface area contributed by atoms with Gasteiger partial charge in [0, 0.05) is 12.1 Å². The number of likely N-dealkylation sites (tertiary alicyclic amines) is 1. The summed E-state index contributed by atoms with van der Waals surface area (Å²) in [6.45, 7) is 4.84. The van der Waals surface area contributed by atoms with Gasteiger partial charge in [0.15, 0.2) is 0 Å². The largest absolute Gasteiger partial charge is 0.391 e. The molecule has 1 aliphatic heterocycles. The van der Waals surface area contributed by atoms with Gasteiger partial charge in [-0.2, -0.15) is 18.4 Å². The van der Waals surface area contributed by atoms with Gasteiger partial charge in [-0.25, -0.2) is 0 Å². The van der Waals surface area contributed by atoms with E-state index in [-0.39, 0.29) is 18.9 Å². The molecule has 0 amide bonds. The normalized spacial score (nSPS) is 26.1. The van der Waals surface area contributed by atoms with Gasteiger partial charge in [-0.1, -0.05) is 0 Å². The van der Waals surface area contributed by atoms with Crippen molar-refractivity contribution in [1.82, 2.24) is 10.2 Å². The van der Waals surface area contributed by atoms with E-state index in [1.165, 1.54) is 0 Å². The monoisotopic (exact) mass is 303 g/mol. The smallest absolute Gasteiger partial charge is 0.301 e. The number of rotatable bonds is 5. The molecule has 0 radical (unpaired) electrons. The third kappa shape index (κ3) is 4.58. The molecule has 0 aromatic heterocycles. The number of nitrogens with zero attached hydrogens (tertiary/aromatic N) is 2. The molecule has 3 nitrogen and oxygen atoms in total. The SMILES string of the molecule is CC(CC(C)(C#N)NC1CC1)N1CCC(C(F)(F)F)CC1. The maximum atomic E-state index is 12.7. The van der Waals surface area contributed by atoms with Crippen LogP contribution in [0, 0.1) is 17.2 Å². The van der Waals surface area contributed by atoms with Crippen molar-refractivity contribution in [2.75, 3.05) is 13.1 Å². The summed E-state index contributed by atoms with van der Waals surface area (Å²) in [5.41, 5.74) is -0.582. The zero-order valence-electron chi connectivity index (χ0n) is 12.7. The molecular formula is C15H24F3N3. The summed E-state index contributed by atoms with van der Waals surface area (Å²) in [6, 6.07) is 2.90. The standard InChI is InChI=1S/C15H24F3N3/c1-11(9-14(2,10-19)20-13-3-4-13)21-7-5-12(6-8-21)15(16,17)18/h11-13,20H,3-9H2,1-2H3. The Morgan fingerprint density at radius 3 is 2.24 bits per heavy atom. The lowest BCUT2D eigenvalue weighted by Crippen LogP contribution is -2.50. The van der Waals surface area contributed by atoms with Crippen LogP contribution < -0.4 is 5.32 Å². The zero-order chi connectivity index (χ0) is 15.7. The lowest BCUT2D eigenvalue weighted by Gasteiger charge is -2.39. The third-order valence-corrected chi connectivity index (χ3v) is 4.67. The van der Waals surface area contributed by atoms with Gasteiger partial charge in [-0.15, -0.1) is 0 Å². The molecule has 0 spiro atoms. The van der Waals surface area contributed by atoms with E-state index in [4.69, 9.17) is 0 Å². The first-order valence-electron chi connectivity index (χ1n) is 7.73. The molecule has 2 fully saturated rings. The van der Waals surface area contributed by atoms with Crippen LogP contribution in [0.1, 0.15) is 46.0 Å². The predicted octanol–water partition coefficient (Wildman–Crippen LogP) is 3.07. The average Bonchev–Trinajstić information content (AvgIpc) is 3.21. The second-order valence-corrected chi connectivity index (χ2v) is 6.77. The highest BCUT2D eigenvalue weighted by atomic mass is 19.4. The van der Waals surface area contributed by atoms with Crippen molar-refractivity contribution in [3.63, 3.8) is 0 Å². The van der Waals surface area contributed by atoms with E-state index in [1.807, 2.05) is 13.8 Å². The molecular weight excluding hydrogens is 279 g/mol. The van der Waals surface area contributed by atoms with Gasteiger partial charge in [0.05, 0.1) is 12.0 Å². The number of piperidine rings is 1. The summed E-state index contributed by atoms with van der Waals surface area (Å²) < 4.78 is 38.0. The van der Waals surface area contributed by atoms with E-state index in [2.05, 4.69) is 16.3 Å². The summed E-state index contributed by atoms with van der Waals surface area (Å²) in [5, 5.41) is 12.7. The maximum absolute atomic E-state index is 12.7. The van der Waals surface area contributed by atoms with Crippen LogP contribution in [0.4, 0.5) is 13.2 Å². The van der Waals surface area contributed by atoms with Crippen molar-refractivity contribution < 1.29 is 13.2 Å². The van der Waals surface area contributed by atoms with Crippen molar-refractivity contribution in [2.45, 2.75) is 69.8 Å². The number of nitrogens with one attached hydrogen (secondary N) is 1. The van der Waals surface area contributed by atoms with Crippen LogP contribution in [-0.2, 0) is 0 Å². The Kier molecular flexibility index (Phi) is 4.84. The maximum Gasteiger partial charge on any atom is 0.391 e. The lowest BCUT2D eigenvalue weighted by atomic mass is 9.91. The zero-order valence-corrected chi connectivity index (χ0v) is 12.7. The fourth-order valence-electron chi connectivity index (χ4n) is 3.20.